The number of unbranched alkanes of at least 4 members (excludes halogenated alkanes) is 15. The smallest absolute Gasteiger partial charge is 0.329 e. The zero-order valence-corrected chi connectivity index (χ0v) is 50.4. The van der Waals surface area contributed by atoms with Gasteiger partial charge in [-0.1, -0.05) is 219 Å². The van der Waals surface area contributed by atoms with Gasteiger partial charge in [0.15, 0.2) is 6.10 Å². The van der Waals surface area contributed by atoms with E-state index in [1.165, 1.54) is 6.42 Å². The molecule has 11 heteroatoms. The fraction of sp³-hybridized carbons (Fsp3) is 0.586. The molecule has 0 saturated carbocycles. The van der Waals surface area contributed by atoms with Crippen molar-refractivity contribution in [3.8, 4) is 0 Å². The molecular weight excluding hydrogens is 1010 g/mol. The summed E-state index contributed by atoms with van der Waals surface area (Å²) in [6, 6.07) is 14.8. The molecule has 0 aliphatic carbocycles. The van der Waals surface area contributed by atoms with Gasteiger partial charge in [-0.2, -0.15) is 0 Å². The number of ether oxygens (including phenoxy) is 4. The fourth-order valence-electron chi connectivity index (χ4n) is 9.62. The van der Waals surface area contributed by atoms with Crippen LogP contribution < -0.4 is 5.32 Å². The summed E-state index contributed by atoms with van der Waals surface area (Å²) in [5, 5.41) is 3.27. The molecule has 1 aliphatic heterocycles. The summed E-state index contributed by atoms with van der Waals surface area (Å²) in [6.07, 6.45) is 50.8. The Morgan fingerprint density at radius 1 is 0.556 bits per heavy atom. The van der Waals surface area contributed by atoms with Crippen molar-refractivity contribution in [2.75, 3.05) is 19.8 Å². The van der Waals surface area contributed by atoms with Crippen molar-refractivity contribution in [1.29, 1.82) is 0 Å². The molecule has 0 bridgehead atoms. The monoisotopic (exact) mass is 1120 g/mol. The highest BCUT2D eigenvalue weighted by Gasteiger charge is 2.38. The molecule has 1 heterocycles. The Hall–Kier alpha value is -5.81. The number of rotatable bonds is 46. The van der Waals surface area contributed by atoms with Gasteiger partial charge < -0.3 is 23.8 Å². The zero-order chi connectivity index (χ0) is 58.2. The fourth-order valence-corrected chi connectivity index (χ4v) is 9.62. The van der Waals surface area contributed by atoms with Crippen LogP contribution in [0.2, 0.25) is 0 Å². The lowest BCUT2D eigenvalue weighted by atomic mass is 9.93. The maximum absolute atomic E-state index is 14.6. The minimum atomic E-state index is -1.08. The molecule has 2 aromatic carbocycles. The summed E-state index contributed by atoms with van der Waals surface area (Å²) in [5.41, 5.74) is 2.94. The average molecular weight is 1120 g/mol. The first-order valence-corrected chi connectivity index (χ1v) is 31.4. The van der Waals surface area contributed by atoms with Crippen LogP contribution in [0.5, 0.6) is 0 Å². The lowest BCUT2D eigenvalue weighted by Gasteiger charge is -2.37. The lowest BCUT2D eigenvalue weighted by Crippen LogP contribution is -2.57. The van der Waals surface area contributed by atoms with Crippen molar-refractivity contribution < 1.29 is 42.9 Å². The molecule has 0 fully saturated rings. The van der Waals surface area contributed by atoms with Crippen LogP contribution in [-0.4, -0.2) is 78.7 Å². The minimum Gasteiger partial charge on any atom is -0.464 e. The number of esters is 4. The van der Waals surface area contributed by atoms with Gasteiger partial charge in [0.05, 0.1) is 12.6 Å². The van der Waals surface area contributed by atoms with Gasteiger partial charge in [-0.05, 0) is 120 Å². The molecular formula is C70H104N2O9. The lowest BCUT2D eigenvalue weighted by molar-refractivity contribution is -0.168. The number of carbonyl (C=O) groups excluding carboxylic acids is 5. The van der Waals surface area contributed by atoms with E-state index < -0.39 is 48.1 Å². The average Bonchev–Trinajstić information content (AvgIpc) is 3.50. The highest BCUT2D eigenvalue weighted by molar-refractivity contribution is 5.89. The van der Waals surface area contributed by atoms with E-state index in [-0.39, 0.29) is 44.9 Å². The number of carbonyl (C=O) groups is 5. The molecule has 2 aromatic rings. The van der Waals surface area contributed by atoms with Crippen LogP contribution in [0.15, 0.2) is 128 Å². The Balaban J connectivity index is 1.63. The SMILES string of the molecule is CC/C=C\C/C=C\C/C=C\CCCCCCCC(=O)OCC(COC(=O)CCCCCCC/C=C\C/C=C\C/C=C\CC)OC(=O)[C@H](CCc1ccccc1)N[C@@H](C)C(=O)N1Cc2ccccc2C[C@H]1C(=O)OCCCCCCCC. The first-order valence-electron chi connectivity index (χ1n) is 31.4. The van der Waals surface area contributed by atoms with Crippen molar-refractivity contribution in [3.63, 3.8) is 0 Å². The van der Waals surface area contributed by atoms with E-state index in [1.54, 1.807) is 11.8 Å². The summed E-state index contributed by atoms with van der Waals surface area (Å²) < 4.78 is 23.3. The van der Waals surface area contributed by atoms with Gasteiger partial charge in [-0.15, -0.1) is 0 Å². The summed E-state index contributed by atoms with van der Waals surface area (Å²) >= 11 is 0. The van der Waals surface area contributed by atoms with Crippen molar-refractivity contribution in [2.45, 2.75) is 245 Å². The van der Waals surface area contributed by atoms with Crippen molar-refractivity contribution in [3.05, 3.63) is 144 Å². The molecule has 0 saturated heterocycles. The van der Waals surface area contributed by atoms with Gasteiger partial charge in [0.1, 0.15) is 25.3 Å². The number of fused-ring (bicyclic) bond motifs is 1. The third-order valence-corrected chi connectivity index (χ3v) is 14.4. The van der Waals surface area contributed by atoms with E-state index in [0.717, 1.165) is 152 Å². The van der Waals surface area contributed by atoms with Gasteiger partial charge in [-0.3, -0.25) is 24.5 Å². The van der Waals surface area contributed by atoms with Crippen LogP contribution in [0.3, 0.4) is 0 Å². The standard InChI is InChI=1S/C70H104N2O9/c1-5-8-11-14-17-19-21-23-25-27-29-31-33-35-41-50-66(73)79-57-63(58-80-67(74)51-42-36-34-32-30-28-26-24-22-20-18-15-12-9-6-2)81-69(76)64(53-52-60-46-39-38-40-47-60)71-59(4)68(75)72-56-62-49-44-43-48-61(62)55-65(72)70(77)78-54-45-37-16-13-10-7-3/h8-9,11-12,17-20,23-26,38-40,43-44,46-49,59,63-65,71H,5-7,10,13-16,21-22,27-37,41-42,45,50-58H2,1-4H3/b11-8-,12-9-,19-17-,20-18-,25-23-,26-24-/t59-,64-,65-/m0/s1. The molecule has 3 atom stereocenters. The second-order valence-corrected chi connectivity index (χ2v) is 21.5. The minimum absolute atomic E-state index is 0.219. The van der Waals surface area contributed by atoms with Gasteiger partial charge in [0.25, 0.3) is 0 Å². The molecule has 0 radical (unpaired) electrons. The number of hydrogen-bond acceptors (Lipinski definition) is 10. The Kier molecular flexibility index (Phi) is 40.1. The predicted molar refractivity (Wildman–Crippen MR) is 330 cm³/mol. The van der Waals surface area contributed by atoms with Crippen LogP contribution in [0.1, 0.15) is 218 Å². The summed E-state index contributed by atoms with van der Waals surface area (Å²) in [5.74, 6) is -2.27. The van der Waals surface area contributed by atoms with Crippen LogP contribution in [0.25, 0.3) is 0 Å². The van der Waals surface area contributed by atoms with Gasteiger partial charge in [0, 0.05) is 25.8 Å². The van der Waals surface area contributed by atoms with Crippen molar-refractivity contribution >= 4 is 29.8 Å². The van der Waals surface area contributed by atoms with Crippen LogP contribution in [0, 0.1) is 0 Å². The summed E-state index contributed by atoms with van der Waals surface area (Å²) in [4.78, 5) is 70.6. The highest BCUT2D eigenvalue weighted by atomic mass is 16.6. The maximum atomic E-state index is 14.6. The number of amides is 1. The first-order chi connectivity index (χ1) is 39.7. The molecule has 0 unspecified atom stereocenters. The molecule has 448 valence electrons. The molecule has 0 aromatic heterocycles. The van der Waals surface area contributed by atoms with Gasteiger partial charge in [0.2, 0.25) is 5.91 Å². The zero-order valence-electron chi connectivity index (χ0n) is 50.4. The molecule has 1 aliphatic rings. The Morgan fingerprint density at radius 3 is 1.59 bits per heavy atom. The summed E-state index contributed by atoms with van der Waals surface area (Å²) in [7, 11) is 0. The van der Waals surface area contributed by atoms with E-state index in [2.05, 4.69) is 99.0 Å². The molecule has 81 heavy (non-hydrogen) atoms. The van der Waals surface area contributed by atoms with E-state index >= 15 is 0 Å². The summed E-state index contributed by atoms with van der Waals surface area (Å²) in [6.45, 7) is 8.10. The third-order valence-electron chi connectivity index (χ3n) is 14.4. The molecule has 1 amide bonds. The second-order valence-electron chi connectivity index (χ2n) is 21.5. The number of nitrogens with one attached hydrogen (secondary N) is 1. The van der Waals surface area contributed by atoms with Crippen molar-refractivity contribution in [2.24, 2.45) is 0 Å². The van der Waals surface area contributed by atoms with Crippen molar-refractivity contribution in [1.82, 2.24) is 10.2 Å². The molecule has 11 nitrogen and oxygen atoms in total. The Morgan fingerprint density at radius 2 is 1.04 bits per heavy atom. The molecule has 0 spiro atoms. The second kappa shape index (κ2) is 46.8. The van der Waals surface area contributed by atoms with Gasteiger partial charge >= 0.3 is 23.9 Å². The van der Waals surface area contributed by atoms with Crippen LogP contribution in [0.4, 0.5) is 0 Å². The molecule has 3 rings (SSSR count). The number of allylic oxidation sites excluding steroid dienone is 12. The quantitative estimate of drug-likeness (QED) is 0.0295. The van der Waals surface area contributed by atoms with Crippen LogP contribution >= 0.6 is 0 Å². The Labute approximate surface area is 489 Å². The van der Waals surface area contributed by atoms with Crippen LogP contribution in [-0.2, 0) is 62.3 Å². The number of benzene rings is 2. The third kappa shape index (κ3) is 33.7. The topological polar surface area (TPSA) is 138 Å². The number of nitrogens with zero attached hydrogens (tertiary/aromatic N) is 1. The van der Waals surface area contributed by atoms with E-state index in [4.69, 9.17) is 18.9 Å². The highest BCUT2D eigenvalue weighted by Crippen LogP contribution is 2.26. The first kappa shape index (κ1) is 69.5. The van der Waals surface area contributed by atoms with Gasteiger partial charge in [-0.25, -0.2) is 4.79 Å². The number of aryl methyl sites for hydroxylation is 1. The normalized spacial score (nSPS) is 14.5. The number of hydrogen-bond donors (Lipinski definition) is 1. The predicted octanol–water partition coefficient (Wildman–Crippen LogP) is 16.0. The largest absolute Gasteiger partial charge is 0.464 e. The van der Waals surface area contributed by atoms with E-state index in [1.807, 2.05) is 54.6 Å². The Bertz CT molecular complexity index is 2130. The maximum Gasteiger partial charge on any atom is 0.329 e. The molecule has 1 N–H and O–H groups in total. The van der Waals surface area contributed by atoms with E-state index in [0.29, 0.717) is 32.3 Å². The van der Waals surface area contributed by atoms with E-state index in [9.17, 15) is 24.0 Å².